The Labute approximate surface area is 145 Å². The van der Waals surface area contributed by atoms with Crippen LogP contribution in [0.25, 0.3) is 0 Å². The number of nitrogens with zero attached hydrogens (tertiary/aromatic N) is 2. The number of rotatable bonds is 6. The van der Waals surface area contributed by atoms with Crippen molar-refractivity contribution in [2.24, 2.45) is 0 Å². The summed E-state index contributed by atoms with van der Waals surface area (Å²) < 4.78 is 10.3. The molecule has 7 heteroatoms. The highest BCUT2D eigenvalue weighted by molar-refractivity contribution is 6.32. The number of pyridine rings is 1. The maximum Gasteiger partial charge on any atom is 0.341 e. The second-order valence-corrected chi connectivity index (χ2v) is 5.34. The second kappa shape index (κ2) is 8.31. The van der Waals surface area contributed by atoms with Crippen LogP contribution in [0, 0.1) is 0 Å². The first kappa shape index (κ1) is 17.7. The van der Waals surface area contributed by atoms with E-state index in [1.165, 1.54) is 17.2 Å². The van der Waals surface area contributed by atoms with Gasteiger partial charge in [-0.2, -0.15) is 0 Å². The van der Waals surface area contributed by atoms with Crippen molar-refractivity contribution in [1.82, 2.24) is 9.88 Å². The van der Waals surface area contributed by atoms with Crippen LogP contribution in [0.5, 0.6) is 5.75 Å². The Balaban J connectivity index is 1.92. The van der Waals surface area contributed by atoms with E-state index in [1.54, 1.807) is 20.2 Å². The maximum atomic E-state index is 12.1. The third-order valence-corrected chi connectivity index (χ3v) is 3.63. The molecule has 0 radical (unpaired) electrons. The van der Waals surface area contributed by atoms with Crippen molar-refractivity contribution in [2.45, 2.75) is 6.54 Å². The molecule has 126 valence electrons. The molecule has 24 heavy (non-hydrogen) atoms. The Hall–Kier alpha value is -2.60. The number of esters is 1. The minimum Gasteiger partial charge on any atom is -0.496 e. The SMILES string of the molecule is COc1ccccc1CN(C)C(=O)COC(=O)c1cccnc1Cl. The quantitative estimate of drug-likeness (QED) is 0.592. The highest BCUT2D eigenvalue weighted by Gasteiger charge is 2.17. The minimum atomic E-state index is -0.688. The minimum absolute atomic E-state index is 0.0392. The van der Waals surface area contributed by atoms with E-state index in [1.807, 2.05) is 24.3 Å². The van der Waals surface area contributed by atoms with Gasteiger partial charge in [-0.05, 0) is 18.2 Å². The number of halogens is 1. The van der Waals surface area contributed by atoms with E-state index < -0.39 is 5.97 Å². The molecule has 0 spiro atoms. The smallest absolute Gasteiger partial charge is 0.341 e. The molecule has 0 fully saturated rings. The Bertz CT molecular complexity index is 736. The summed E-state index contributed by atoms with van der Waals surface area (Å²) in [6.07, 6.45) is 1.46. The number of para-hydroxylation sites is 1. The molecule has 6 nitrogen and oxygen atoms in total. The first-order chi connectivity index (χ1) is 11.5. The van der Waals surface area contributed by atoms with Crippen LogP contribution < -0.4 is 4.74 Å². The summed E-state index contributed by atoms with van der Waals surface area (Å²) in [5.41, 5.74) is 0.983. The van der Waals surface area contributed by atoms with Gasteiger partial charge in [0.05, 0.1) is 12.7 Å². The monoisotopic (exact) mass is 348 g/mol. The second-order valence-electron chi connectivity index (χ2n) is 4.98. The van der Waals surface area contributed by atoms with E-state index in [-0.39, 0.29) is 23.2 Å². The molecular formula is C17H17ClN2O4. The van der Waals surface area contributed by atoms with Crippen LogP contribution in [-0.4, -0.2) is 42.5 Å². The third-order valence-electron chi connectivity index (χ3n) is 3.33. The molecule has 0 saturated carbocycles. The summed E-state index contributed by atoms with van der Waals surface area (Å²) in [5, 5.41) is 0.0392. The van der Waals surface area contributed by atoms with Gasteiger partial charge in [-0.25, -0.2) is 9.78 Å². The maximum absolute atomic E-state index is 12.1. The molecule has 1 heterocycles. The van der Waals surface area contributed by atoms with Crippen LogP contribution in [0.3, 0.4) is 0 Å². The lowest BCUT2D eigenvalue weighted by molar-refractivity contribution is -0.133. The molecule has 0 saturated heterocycles. The Morgan fingerprint density at radius 3 is 2.67 bits per heavy atom. The summed E-state index contributed by atoms with van der Waals surface area (Å²) in [7, 11) is 3.19. The van der Waals surface area contributed by atoms with Gasteiger partial charge in [0.25, 0.3) is 5.91 Å². The van der Waals surface area contributed by atoms with Gasteiger partial charge in [0.1, 0.15) is 10.9 Å². The van der Waals surface area contributed by atoms with Gasteiger partial charge in [-0.3, -0.25) is 4.79 Å². The lowest BCUT2D eigenvalue weighted by atomic mass is 10.2. The van der Waals surface area contributed by atoms with Crippen molar-refractivity contribution in [3.8, 4) is 5.75 Å². The largest absolute Gasteiger partial charge is 0.496 e. The summed E-state index contributed by atoms with van der Waals surface area (Å²) in [4.78, 5) is 29.3. The third kappa shape index (κ3) is 4.45. The number of carbonyl (C=O) groups is 2. The molecule has 1 aromatic carbocycles. The zero-order valence-corrected chi connectivity index (χ0v) is 14.1. The molecule has 1 amide bonds. The lowest BCUT2D eigenvalue weighted by Gasteiger charge is -2.18. The molecule has 2 rings (SSSR count). The zero-order chi connectivity index (χ0) is 17.5. The summed E-state index contributed by atoms with van der Waals surface area (Å²) in [6.45, 7) is -0.0379. The van der Waals surface area contributed by atoms with Crippen molar-refractivity contribution in [3.63, 3.8) is 0 Å². The molecule has 0 aliphatic rings. The van der Waals surface area contributed by atoms with E-state index >= 15 is 0 Å². The Morgan fingerprint density at radius 2 is 1.96 bits per heavy atom. The van der Waals surface area contributed by atoms with E-state index in [2.05, 4.69) is 4.98 Å². The molecule has 0 bridgehead atoms. The predicted molar refractivity (Wildman–Crippen MR) is 89.0 cm³/mol. The van der Waals surface area contributed by atoms with Crippen molar-refractivity contribution in [2.75, 3.05) is 20.8 Å². The first-order valence-corrected chi connectivity index (χ1v) is 7.54. The number of methoxy groups -OCH3 is 1. The summed E-state index contributed by atoms with van der Waals surface area (Å²) in [5.74, 6) is -0.335. The molecular weight excluding hydrogens is 332 g/mol. The fraction of sp³-hybridized carbons (Fsp3) is 0.235. The number of amides is 1. The van der Waals surface area contributed by atoms with Crippen LogP contribution >= 0.6 is 11.6 Å². The van der Waals surface area contributed by atoms with Crippen LogP contribution in [0.2, 0.25) is 5.15 Å². The molecule has 0 aliphatic heterocycles. The number of likely N-dealkylation sites (N-methyl/N-ethyl adjacent to an activating group) is 1. The van der Waals surface area contributed by atoms with Crippen molar-refractivity contribution < 1.29 is 19.1 Å². The first-order valence-electron chi connectivity index (χ1n) is 7.16. The van der Waals surface area contributed by atoms with E-state index in [9.17, 15) is 9.59 Å². The van der Waals surface area contributed by atoms with Crippen molar-refractivity contribution in [1.29, 1.82) is 0 Å². The number of hydrogen-bond donors (Lipinski definition) is 0. The highest BCUT2D eigenvalue weighted by atomic mass is 35.5. The summed E-state index contributed by atoms with van der Waals surface area (Å²) >= 11 is 5.82. The predicted octanol–water partition coefficient (Wildman–Crippen LogP) is 2.56. The van der Waals surface area contributed by atoms with Gasteiger partial charge in [0.2, 0.25) is 0 Å². The van der Waals surface area contributed by atoms with Crippen LogP contribution in [-0.2, 0) is 16.1 Å². The van der Waals surface area contributed by atoms with E-state index in [0.29, 0.717) is 12.3 Å². The van der Waals surface area contributed by atoms with Gasteiger partial charge < -0.3 is 14.4 Å². The average molecular weight is 349 g/mol. The Kier molecular flexibility index (Phi) is 6.14. The number of hydrogen-bond acceptors (Lipinski definition) is 5. The highest BCUT2D eigenvalue weighted by Crippen LogP contribution is 2.19. The number of ether oxygens (including phenoxy) is 2. The van der Waals surface area contributed by atoms with Gasteiger partial charge in [0, 0.05) is 25.4 Å². The number of carbonyl (C=O) groups excluding carboxylic acids is 2. The van der Waals surface area contributed by atoms with E-state index in [0.717, 1.165) is 5.56 Å². The van der Waals surface area contributed by atoms with Crippen LogP contribution in [0.4, 0.5) is 0 Å². The molecule has 0 N–H and O–H groups in total. The van der Waals surface area contributed by atoms with Crippen molar-refractivity contribution in [3.05, 3.63) is 58.9 Å². The molecule has 0 aliphatic carbocycles. The molecule has 0 unspecified atom stereocenters. The van der Waals surface area contributed by atoms with Crippen LogP contribution in [0.1, 0.15) is 15.9 Å². The number of benzene rings is 1. The standard InChI is InChI=1S/C17H17ClN2O4/c1-20(10-12-6-3-4-8-14(12)23-2)15(21)11-24-17(22)13-7-5-9-19-16(13)18/h3-9H,10-11H2,1-2H3. The summed E-state index contributed by atoms with van der Waals surface area (Å²) in [6, 6.07) is 10.4. The normalized spacial score (nSPS) is 10.1. The average Bonchev–Trinajstić information content (AvgIpc) is 2.60. The fourth-order valence-corrected chi connectivity index (χ4v) is 2.23. The van der Waals surface area contributed by atoms with Gasteiger partial charge in [-0.1, -0.05) is 29.8 Å². The Morgan fingerprint density at radius 1 is 1.21 bits per heavy atom. The fourth-order valence-electron chi connectivity index (χ4n) is 2.03. The van der Waals surface area contributed by atoms with Crippen LogP contribution in [0.15, 0.2) is 42.6 Å². The molecule has 2 aromatic rings. The lowest BCUT2D eigenvalue weighted by Crippen LogP contribution is -2.31. The topological polar surface area (TPSA) is 68.7 Å². The van der Waals surface area contributed by atoms with Gasteiger partial charge >= 0.3 is 5.97 Å². The van der Waals surface area contributed by atoms with Crippen molar-refractivity contribution >= 4 is 23.5 Å². The molecule has 0 atom stereocenters. The number of aromatic nitrogens is 1. The zero-order valence-electron chi connectivity index (χ0n) is 13.4. The van der Waals surface area contributed by atoms with Gasteiger partial charge in [0.15, 0.2) is 6.61 Å². The molecule has 1 aromatic heterocycles. The van der Waals surface area contributed by atoms with E-state index in [4.69, 9.17) is 21.1 Å². The van der Waals surface area contributed by atoms with Gasteiger partial charge in [-0.15, -0.1) is 0 Å².